The first-order valence-corrected chi connectivity index (χ1v) is 10.1. The number of nitrogens with one attached hydrogen (secondary N) is 1. The van der Waals surface area contributed by atoms with E-state index in [0.717, 1.165) is 5.56 Å². The second kappa shape index (κ2) is 7.68. The van der Waals surface area contributed by atoms with Gasteiger partial charge in [0, 0.05) is 26.2 Å². The van der Waals surface area contributed by atoms with Crippen molar-refractivity contribution in [3.8, 4) is 11.8 Å². The van der Waals surface area contributed by atoms with Gasteiger partial charge in [0.2, 0.25) is 10.0 Å². The largest absolute Gasteiger partial charge is 0.497 e. The number of methoxy groups -OCH3 is 1. The van der Waals surface area contributed by atoms with Crippen LogP contribution in [0.15, 0.2) is 29.2 Å². The molecule has 144 valence electrons. The fourth-order valence-electron chi connectivity index (χ4n) is 3.43. The van der Waals surface area contributed by atoms with Crippen molar-refractivity contribution in [2.45, 2.75) is 24.8 Å². The van der Waals surface area contributed by atoms with Gasteiger partial charge in [-0.3, -0.25) is 10.00 Å². The third-order valence-electron chi connectivity index (χ3n) is 4.83. The van der Waals surface area contributed by atoms with E-state index in [1.807, 2.05) is 29.2 Å². The van der Waals surface area contributed by atoms with Crippen LogP contribution in [-0.4, -0.2) is 61.1 Å². The molecule has 1 N–H and O–H groups in total. The summed E-state index contributed by atoms with van der Waals surface area (Å²) in [6.45, 7) is 5.00. The molecule has 1 aliphatic rings. The maximum atomic E-state index is 13.0. The summed E-state index contributed by atoms with van der Waals surface area (Å²) in [6, 6.07) is 9.30. The molecule has 27 heavy (non-hydrogen) atoms. The van der Waals surface area contributed by atoms with Gasteiger partial charge in [-0.05, 0) is 31.5 Å². The molecule has 3 rings (SSSR count). The molecule has 8 nitrogen and oxygen atoms in total. The van der Waals surface area contributed by atoms with Crippen LogP contribution in [0.4, 0.5) is 0 Å². The van der Waals surface area contributed by atoms with Gasteiger partial charge in [0.25, 0.3) is 0 Å². The van der Waals surface area contributed by atoms with Crippen molar-refractivity contribution in [2.75, 3.05) is 33.3 Å². The van der Waals surface area contributed by atoms with E-state index in [9.17, 15) is 13.7 Å². The molecule has 1 saturated heterocycles. The molecule has 1 unspecified atom stereocenters. The zero-order valence-corrected chi connectivity index (χ0v) is 16.5. The highest BCUT2D eigenvalue weighted by Crippen LogP contribution is 2.27. The molecule has 2 heterocycles. The Hall–Kier alpha value is -2.41. The molecule has 0 saturated carbocycles. The second-order valence-corrected chi connectivity index (χ2v) is 8.39. The Balaban J connectivity index is 1.75. The molecule has 0 amide bonds. The molecule has 1 fully saturated rings. The van der Waals surface area contributed by atoms with Crippen molar-refractivity contribution >= 4 is 10.0 Å². The van der Waals surface area contributed by atoms with Gasteiger partial charge in [0.1, 0.15) is 16.7 Å². The summed E-state index contributed by atoms with van der Waals surface area (Å²) < 4.78 is 32.6. The summed E-state index contributed by atoms with van der Waals surface area (Å²) in [4.78, 5) is 2.25. The number of nitrogens with zero attached hydrogens (tertiary/aromatic N) is 4. The van der Waals surface area contributed by atoms with Crippen LogP contribution in [0.3, 0.4) is 0 Å². The zero-order valence-electron chi connectivity index (χ0n) is 15.6. The maximum Gasteiger partial charge on any atom is 0.246 e. The predicted molar refractivity (Wildman–Crippen MR) is 99.7 cm³/mol. The molecule has 0 radical (unpaired) electrons. The van der Waals surface area contributed by atoms with Crippen LogP contribution in [0.2, 0.25) is 0 Å². The lowest BCUT2D eigenvalue weighted by Crippen LogP contribution is -2.49. The topological polar surface area (TPSA) is 102 Å². The highest BCUT2D eigenvalue weighted by molar-refractivity contribution is 7.89. The lowest BCUT2D eigenvalue weighted by molar-refractivity contribution is 0.162. The van der Waals surface area contributed by atoms with E-state index in [0.29, 0.717) is 43.3 Å². The standard InChI is InChI=1S/C18H23N5O3S/c1-13-18(14(2)21-20-13)27(24,25)23-9-7-22(8-10-23)17(12-19)15-5-4-6-16(11-15)26-3/h4-6,11,17H,7-10H2,1-3H3,(H,20,21). The SMILES string of the molecule is COc1cccc(C(C#N)N2CCN(S(=O)(=O)c3c(C)n[nH]c3C)CC2)c1. The molecule has 0 aliphatic carbocycles. The predicted octanol–water partition coefficient (Wildman–Crippen LogP) is 1.61. The molecule has 9 heteroatoms. The Kier molecular flexibility index (Phi) is 5.51. The van der Waals surface area contributed by atoms with E-state index in [-0.39, 0.29) is 4.90 Å². The van der Waals surface area contributed by atoms with E-state index in [4.69, 9.17) is 4.74 Å². The molecular weight excluding hydrogens is 366 g/mol. The van der Waals surface area contributed by atoms with E-state index in [1.54, 1.807) is 21.0 Å². The number of rotatable bonds is 5. The summed E-state index contributed by atoms with van der Waals surface area (Å²) >= 11 is 0. The number of benzene rings is 1. The number of aromatic nitrogens is 2. The number of piperazine rings is 1. The zero-order chi connectivity index (χ0) is 19.6. The van der Waals surface area contributed by atoms with Crippen LogP contribution < -0.4 is 4.74 Å². The Bertz CT molecular complexity index is 936. The van der Waals surface area contributed by atoms with Gasteiger partial charge in [0.15, 0.2) is 0 Å². The van der Waals surface area contributed by atoms with E-state index in [1.165, 1.54) is 4.31 Å². The minimum absolute atomic E-state index is 0.251. The number of aryl methyl sites for hydroxylation is 2. The van der Waals surface area contributed by atoms with Crippen molar-refractivity contribution < 1.29 is 13.2 Å². The average Bonchev–Trinajstić information content (AvgIpc) is 3.02. The first-order valence-electron chi connectivity index (χ1n) is 8.68. The van der Waals surface area contributed by atoms with Gasteiger partial charge >= 0.3 is 0 Å². The van der Waals surface area contributed by atoms with Crippen LogP contribution in [0.25, 0.3) is 0 Å². The monoisotopic (exact) mass is 389 g/mol. The third kappa shape index (κ3) is 3.69. The van der Waals surface area contributed by atoms with Crippen LogP contribution >= 0.6 is 0 Å². The first-order chi connectivity index (χ1) is 12.9. The van der Waals surface area contributed by atoms with E-state index >= 15 is 0 Å². The highest BCUT2D eigenvalue weighted by Gasteiger charge is 2.34. The Morgan fingerprint density at radius 2 is 1.96 bits per heavy atom. The quantitative estimate of drug-likeness (QED) is 0.833. The second-order valence-electron chi connectivity index (χ2n) is 6.51. The smallest absolute Gasteiger partial charge is 0.246 e. The molecule has 1 aromatic heterocycles. The summed E-state index contributed by atoms with van der Waals surface area (Å²) in [7, 11) is -2.01. The average molecular weight is 389 g/mol. The Labute approximate surface area is 159 Å². The molecule has 1 atom stereocenters. The van der Waals surface area contributed by atoms with Crippen LogP contribution in [0.5, 0.6) is 5.75 Å². The van der Waals surface area contributed by atoms with E-state index < -0.39 is 16.1 Å². The van der Waals surface area contributed by atoms with Gasteiger partial charge in [-0.2, -0.15) is 14.7 Å². The number of hydrogen-bond acceptors (Lipinski definition) is 6. The van der Waals surface area contributed by atoms with Crippen LogP contribution in [0, 0.1) is 25.2 Å². The number of sulfonamides is 1. The number of ether oxygens (including phenoxy) is 1. The Morgan fingerprint density at radius 3 is 2.52 bits per heavy atom. The van der Waals surface area contributed by atoms with Gasteiger partial charge in [-0.15, -0.1) is 0 Å². The molecule has 1 aromatic carbocycles. The number of nitriles is 1. The minimum atomic E-state index is -3.60. The number of aromatic amines is 1. The lowest BCUT2D eigenvalue weighted by Gasteiger charge is -2.36. The molecule has 2 aromatic rings. The van der Waals surface area contributed by atoms with Gasteiger partial charge in [-0.25, -0.2) is 8.42 Å². The summed E-state index contributed by atoms with van der Waals surface area (Å²) in [5.74, 6) is 0.694. The Morgan fingerprint density at radius 1 is 1.26 bits per heavy atom. The molecule has 0 bridgehead atoms. The van der Waals surface area contributed by atoms with Crippen LogP contribution in [0.1, 0.15) is 23.0 Å². The summed E-state index contributed by atoms with van der Waals surface area (Å²) in [5.41, 5.74) is 1.86. The van der Waals surface area contributed by atoms with Crippen molar-refractivity contribution in [3.05, 3.63) is 41.2 Å². The molecule has 1 aliphatic heterocycles. The fraction of sp³-hybridized carbons (Fsp3) is 0.444. The number of hydrogen-bond donors (Lipinski definition) is 1. The normalized spacial score (nSPS) is 17.4. The van der Waals surface area contributed by atoms with Crippen molar-refractivity contribution in [3.63, 3.8) is 0 Å². The first kappa shape index (κ1) is 19.4. The minimum Gasteiger partial charge on any atom is -0.497 e. The summed E-state index contributed by atoms with van der Waals surface area (Å²) in [5, 5.41) is 16.4. The highest BCUT2D eigenvalue weighted by atomic mass is 32.2. The fourth-order valence-corrected chi connectivity index (χ4v) is 5.18. The van der Waals surface area contributed by atoms with Crippen LogP contribution in [-0.2, 0) is 10.0 Å². The third-order valence-corrected chi connectivity index (χ3v) is 6.99. The molecular formula is C18H23N5O3S. The van der Waals surface area contributed by atoms with Gasteiger partial charge < -0.3 is 4.74 Å². The van der Waals surface area contributed by atoms with Crippen molar-refractivity contribution in [1.82, 2.24) is 19.4 Å². The summed E-state index contributed by atoms with van der Waals surface area (Å²) in [6.07, 6.45) is 0. The van der Waals surface area contributed by atoms with Crippen molar-refractivity contribution in [1.29, 1.82) is 5.26 Å². The van der Waals surface area contributed by atoms with Gasteiger partial charge in [0.05, 0.1) is 24.6 Å². The maximum absolute atomic E-state index is 13.0. The van der Waals surface area contributed by atoms with Gasteiger partial charge in [-0.1, -0.05) is 12.1 Å². The van der Waals surface area contributed by atoms with E-state index in [2.05, 4.69) is 16.3 Å². The van der Waals surface area contributed by atoms with Crippen molar-refractivity contribution in [2.24, 2.45) is 0 Å². The molecule has 0 spiro atoms. The number of H-pyrrole nitrogens is 1. The lowest BCUT2D eigenvalue weighted by atomic mass is 10.1.